The molecule has 1 fully saturated rings. The zero-order chi connectivity index (χ0) is 16.8. The van der Waals surface area contributed by atoms with E-state index in [4.69, 9.17) is 9.47 Å². The smallest absolute Gasteiger partial charge is 0.344 e. The van der Waals surface area contributed by atoms with Crippen molar-refractivity contribution in [1.29, 1.82) is 0 Å². The van der Waals surface area contributed by atoms with Crippen LogP contribution in [0.2, 0.25) is 0 Å². The zero-order valence-corrected chi connectivity index (χ0v) is 13.2. The number of carbonyl (C=O) groups is 2. The molecular weight excluding hydrogens is 306 g/mol. The molecular formula is C19H19NO4. The van der Waals surface area contributed by atoms with Crippen molar-refractivity contribution in [3.8, 4) is 16.9 Å². The van der Waals surface area contributed by atoms with Gasteiger partial charge in [0.25, 0.3) is 5.91 Å². The first-order valence-corrected chi connectivity index (χ1v) is 7.94. The lowest BCUT2D eigenvalue weighted by Gasteiger charge is -2.11. The molecule has 1 aliphatic rings. The summed E-state index contributed by atoms with van der Waals surface area (Å²) in [4.78, 5) is 23.2. The van der Waals surface area contributed by atoms with Gasteiger partial charge in [-0.25, -0.2) is 4.79 Å². The Bertz CT molecular complexity index is 710. The highest BCUT2D eigenvalue weighted by atomic mass is 16.6. The molecule has 0 aliphatic heterocycles. The second-order valence-corrected chi connectivity index (χ2v) is 5.65. The third kappa shape index (κ3) is 4.59. The second kappa shape index (κ2) is 7.64. The Kier molecular flexibility index (Phi) is 5.11. The first-order chi connectivity index (χ1) is 11.7. The molecule has 2 aromatic carbocycles. The number of rotatable bonds is 7. The van der Waals surface area contributed by atoms with Crippen LogP contribution in [0.5, 0.6) is 5.75 Å². The van der Waals surface area contributed by atoms with Crippen molar-refractivity contribution in [2.75, 3.05) is 13.2 Å². The molecule has 2 aromatic rings. The predicted molar refractivity (Wildman–Crippen MR) is 89.5 cm³/mol. The van der Waals surface area contributed by atoms with E-state index in [9.17, 15) is 9.59 Å². The highest BCUT2D eigenvalue weighted by molar-refractivity contribution is 5.81. The van der Waals surface area contributed by atoms with E-state index in [2.05, 4.69) is 5.32 Å². The summed E-state index contributed by atoms with van der Waals surface area (Å²) < 4.78 is 10.5. The third-order valence-electron chi connectivity index (χ3n) is 3.62. The van der Waals surface area contributed by atoms with Crippen LogP contribution in [0, 0.1) is 0 Å². The van der Waals surface area contributed by atoms with E-state index in [0.29, 0.717) is 5.75 Å². The Balaban J connectivity index is 1.52. The fraction of sp³-hybridized carbons (Fsp3) is 0.263. The van der Waals surface area contributed by atoms with Gasteiger partial charge in [0.05, 0.1) is 0 Å². The van der Waals surface area contributed by atoms with Gasteiger partial charge in [0.2, 0.25) is 0 Å². The van der Waals surface area contributed by atoms with Crippen molar-refractivity contribution in [2.24, 2.45) is 0 Å². The van der Waals surface area contributed by atoms with Crippen molar-refractivity contribution in [3.05, 3.63) is 54.6 Å². The molecule has 3 rings (SSSR count). The zero-order valence-electron chi connectivity index (χ0n) is 13.2. The second-order valence-electron chi connectivity index (χ2n) is 5.65. The first kappa shape index (κ1) is 16.1. The molecule has 5 heteroatoms. The van der Waals surface area contributed by atoms with E-state index in [1.807, 2.05) is 48.5 Å². The van der Waals surface area contributed by atoms with Gasteiger partial charge in [-0.1, -0.05) is 48.5 Å². The van der Waals surface area contributed by atoms with Gasteiger partial charge < -0.3 is 14.8 Å². The number of amides is 1. The van der Waals surface area contributed by atoms with Gasteiger partial charge in [-0.05, 0) is 24.5 Å². The van der Waals surface area contributed by atoms with Crippen molar-refractivity contribution in [3.63, 3.8) is 0 Å². The summed E-state index contributed by atoms with van der Waals surface area (Å²) in [6.45, 7) is -0.500. The van der Waals surface area contributed by atoms with Crippen molar-refractivity contribution in [1.82, 2.24) is 5.32 Å². The van der Waals surface area contributed by atoms with Crippen LogP contribution in [0.4, 0.5) is 0 Å². The van der Waals surface area contributed by atoms with Gasteiger partial charge in [-0.3, -0.25) is 4.79 Å². The molecule has 0 aromatic heterocycles. The van der Waals surface area contributed by atoms with E-state index < -0.39 is 5.97 Å². The molecule has 0 atom stereocenters. The summed E-state index contributed by atoms with van der Waals surface area (Å²) in [5.74, 6) is -0.234. The van der Waals surface area contributed by atoms with Crippen LogP contribution in [0.15, 0.2) is 54.6 Å². The standard InChI is InChI=1S/C19H19NO4/c21-18(20-15-10-11-15)12-24-19(22)13-23-17-9-5-4-8-16(17)14-6-2-1-3-7-14/h1-9,15H,10-13H2,(H,20,21). The molecule has 0 unspecified atom stereocenters. The molecule has 0 saturated heterocycles. The number of carbonyl (C=O) groups excluding carboxylic acids is 2. The normalized spacial score (nSPS) is 13.2. The highest BCUT2D eigenvalue weighted by Crippen LogP contribution is 2.29. The summed E-state index contributed by atoms with van der Waals surface area (Å²) in [5, 5.41) is 2.76. The maximum Gasteiger partial charge on any atom is 0.344 e. The number of hydrogen-bond donors (Lipinski definition) is 1. The minimum Gasteiger partial charge on any atom is -0.481 e. The molecule has 1 amide bonds. The van der Waals surface area contributed by atoms with Crippen molar-refractivity contribution in [2.45, 2.75) is 18.9 Å². The Morgan fingerprint density at radius 1 is 0.958 bits per heavy atom. The minimum atomic E-state index is -0.566. The maximum absolute atomic E-state index is 11.7. The average molecular weight is 325 g/mol. The fourth-order valence-electron chi connectivity index (χ4n) is 2.27. The van der Waals surface area contributed by atoms with E-state index in [0.717, 1.165) is 24.0 Å². The summed E-state index contributed by atoms with van der Waals surface area (Å²) in [6.07, 6.45) is 2.00. The van der Waals surface area contributed by atoms with E-state index in [1.165, 1.54) is 0 Å². The van der Waals surface area contributed by atoms with Crippen molar-refractivity contribution < 1.29 is 19.1 Å². The molecule has 0 spiro atoms. The van der Waals surface area contributed by atoms with Crippen LogP contribution in [0.25, 0.3) is 11.1 Å². The van der Waals surface area contributed by atoms with Crippen LogP contribution >= 0.6 is 0 Å². The average Bonchev–Trinajstić information content (AvgIpc) is 3.43. The summed E-state index contributed by atoms with van der Waals surface area (Å²) in [6, 6.07) is 17.5. The van der Waals surface area contributed by atoms with Crippen LogP contribution in [0.3, 0.4) is 0 Å². The van der Waals surface area contributed by atoms with E-state index in [-0.39, 0.29) is 25.2 Å². The van der Waals surface area contributed by atoms with E-state index in [1.54, 1.807) is 6.07 Å². The summed E-state index contributed by atoms with van der Waals surface area (Å²) >= 11 is 0. The van der Waals surface area contributed by atoms with Crippen LogP contribution in [0.1, 0.15) is 12.8 Å². The highest BCUT2D eigenvalue weighted by Gasteiger charge is 2.23. The molecule has 0 bridgehead atoms. The number of benzene rings is 2. The Morgan fingerprint density at radius 3 is 2.42 bits per heavy atom. The van der Waals surface area contributed by atoms with Crippen LogP contribution < -0.4 is 10.1 Å². The molecule has 124 valence electrons. The van der Waals surface area contributed by atoms with Gasteiger partial charge in [-0.15, -0.1) is 0 Å². The monoisotopic (exact) mass is 325 g/mol. The Hall–Kier alpha value is -2.82. The Labute approximate surface area is 140 Å². The van der Waals surface area contributed by atoms with Crippen molar-refractivity contribution >= 4 is 11.9 Å². The molecule has 1 N–H and O–H groups in total. The van der Waals surface area contributed by atoms with Gasteiger partial charge in [0.1, 0.15) is 5.75 Å². The lowest BCUT2D eigenvalue weighted by molar-refractivity contribution is -0.150. The molecule has 24 heavy (non-hydrogen) atoms. The number of esters is 1. The SMILES string of the molecule is O=C(COC(=O)COc1ccccc1-c1ccccc1)NC1CC1. The number of para-hydroxylation sites is 1. The maximum atomic E-state index is 11.7. The third-order valence-corrected chi connectivity index (χ3v) is 3.62. The Morgan fingerprint density at radius 2 is 1.67 bits per heavy atom. The molecule has 5 nitrogen and oxygen atoms in total. The lowest BCUT2D eigenvalue weighted by atomic mass is 10.1. The van der Waals surface area contributed by atoms with Gasteiger partial charge in [0.15, 0.2) is 13.2 Å². The number of nitrogens with one attached hydrogen (secondary N) is 1. The van der Waals surface area contributed by atoms with Crippen LogP contribution in [-0.2, 0) is 14.3 Å². The molecule has 1 aliphatic carbocycles. The summed E-state index contributed by atoms with van der Waals surface area (Å²) in [7, 11) is 0. The fourth-order valence-corrected chi connectivity index (χ4v) is 2.27. The van der Waals surface area contributed by atoms with Gasteiger partial charge in [0, 0.05) is 11.6 Å². The molecule has 0 heterocycles. The van der Waals surface area contributed by atoms with E-state index >= 15 is 0 Å². The number of ether oxygens (including phenoxy) is 2. The largest absolute Gasteiger partial charge is 0.481 e. The number of hydrogen-bond acceptors (Lipinski definition) is 4. The summed E-state index contributed by atoms with van der Waals surface area (Å²) in [5.41, 5.74) is 1.91. The first-order valence-electron chi connectivity index (χ1n) is 7.94. The van der Waals surface area contributed by atoms with Gasteiger partial charge in [-0.2, -0.15) is 0 Å². The van der Waals surface area contributed by atoms with Crippen LogP contribution in [-0.4, -0.2) is 31.1 Å². The topological polar surface area (TPSA) is 64.6 Å². The van der Waals surface area contributed by atoms with Gasteiger partial charge >= 0.3 is 5.97 Å². The minimum absolute atomic E-state index is 0.236. The molecule has 1 saturated carbocycles. The quantitative estimate of drug-likeness (QED) is 0.795. The predicted octanol–water partition coefficient (Wildman–Crippen LogP) is 2.55. The molecule has 0 radical (unpaired) electrons. The lowest BCUT2D eigenvalue weighted by Crippen LogP contribution is -2.31.